The van der Waals surface area contributed by atoms with E-state index in [2.05, 4.69) is 5.32 Å². The summed E-state index contributed by atoms with van der Waals surface area (Å²) in [5.41, 5.74) is -0.168. The Morgan fingerprint density at radius 1 is 1.50 bits per heavy atom. The summed E-state index contributed by atoms with van der Waals surface area (Å²) in [5, 5.41) is 1.02. The highest BCUT2D eigenvalue weighted by atomic mass is 35.5. The van der Waals surface area contributed by atoms with Gasteiger partial charge in [-0.25, -0.2) is 4.39 Å². The Balaban J connectivity index is 1.80. The average Bonchev–Trinajstić information content (AvgIpc) is 3.00. The van der Waals surface area contributed by atoms with Crippen molar-refractivity contribution in [2.75, 3.05) is 6.61 Å². The Morgan fingerprint density at radius 3 is 2.90 bits per heavy atom. The number of ether oxygens (including phenoxy) is 1. The van der Waals surface area contributed by atoms with Crippen molar-refractivity contribution in [3.05, 3.63) is 29.8 Å². The molecule has 1 fully saturated rings. The van der Waals surface area contributed by atoms with Crippen molar-refractivity contribution in [2.24, 2.45) is 5.41 Å². The van der Waals surface area contributed by atoms with Crippen LogP contribution in [-0.4, -0.2) is 17.6 Å². The van der Waals surface area contributed by atoms with E-state index in [4.69, 9.17) is 16.3 Å². The second-order valence-electron chi connectivity index (χ2n) is 5.77. The number of hydrogen-bond donors (Lipinski definition) is 1. The van der Waals surface area contributed by atoms with Gasteiger partial charge in [0.1, 0.15) is 5.75 Å². The van der Waals surface area contributed by atoms with Crippen molar-refractivity contribution < 1.29 is 13.9 Å². The molecule has 20 heavy (non-hydrogen) atoms. The molecule has 1 aromatic carbocycles. The van der Waals surface area contributed by atoms with Crippen LogP contribution in [0.25, 0.3) is 0 Å². The number of para-hydroxylation sites is 1. The topological polar surface area (TPSA) is 38.3 Å². The van der Waals surface area contributed by atoms with E-state index in [1.165, 1.54) is 0 Å². The average molecular weight is 298 g/mol. The monoisotopic (exact) mass is 297 g/mol. The van der Waals surface area contributed by atoms with Crippen molar-refractivity contribution >= 4 is 17.5 Å². The van der Waals surface area contributed by atoms with E-state index in [1.807, 2.05) is 24.3 Å². The van der Waals surface area contributed by atoms with Crippen molar-refractivity contribution in [3.63, 3.8) is 0 Å². The zero-order valence-corrected chi connectivity index (χ0v) is 12.0. The van der Waals surface area contributed by atoms with Crippen LogP contribution in [0.15, 0.2) is 24.3 Å². The molecular formula is C15H17ClFNO2. The van der Waals surface area contributed by atoms with Gasteiger partial charge in [0, 0.05) is 12.0 Å². The predicted molar refractivity (Wildman–Crippen MR) is 74.5 cm³/mol. The van der Waals surface area contributed by atoms with Crippen LogP contribution in [0.3, 0.4) is 0 Å². The highest BCUT2D eigenvalue weighted by molar-refractivity contribution is 6.28. The third-order valence-corrected chi connectivity index (χ3v) is 4.80. The lowest BCUT2D eigenvalue weighted by Crippen LogP contribution is -2.36. The summed E-state index contributed by atoms with van der Waals surface area (Å²) in [6, 6.07) is 7.48. The van der Waals surface area contributed by atoms with Gasteiger partial charge in [-0.3, -0.25) is 4.79 Å². The first-order valence-electron chi connectivity index (χ1n) is 6.84. The molecule has 3 rings (SSSR count). The summed E-state index contributed by atoms with van der Waals surface area (Å²) in [6.45, 7) is 2.19. The summed E-state index contributed by atoms with van der Waals surface area (Å²) < 4.78 is 19.4. The molecule has 0 saturated heterocycles. The van der Waals surface area contributed by atoms with Gasteiger partial charge in [-0.1, -0.05) is 29.8 Å². The fourth-order valence-electron chi connectivity index (χ4n) is 2.64. The largest absolute Gasteiger partial charge is 0.493 e. The van der Waals surface area contributed by atoms with Crippen LogP contribution < -0.4 is 10.1 Å². The number of alkyl halides is 2. The van der Waals surface area contributed by atoms with Crippen LogP contribution in [0.4, 0.5) is 4.39 Å². The Bertz CT molecular complexity index is 548. The fourth-order valence-corrected chi connectivity index (χ4v) is 2.99. The summed E-state index contributed by atoms with van der Waals surface area (Å²) in [5.74, 6) is 0.463. The molecule has 1 N–H and O–H groups in total. The SMILES string of the molecule is C[C@]1(C(=O)N[C@@H]2CCCOc3ccccc32)C[C@]1(F)Cl. The smallest absolute Gasteiger partial charge is 0.231 e. The molecule has 2 aliphatic rings. The van der Waals surface area contributed by atoms with E-state index < -0.39 is 10.5 Å². The zero-order valence-electron chi connectivity index (χ0n) is 11.3. The minimum absolute atomic E-state index is 0.0677. The minimum atomic E-state index is -1.90. The van der Waals surface area contributed by atoms with Gasteiger partial charge in [0.2, 0.25) is 5.91 Å². The van der Waals surface area contributed by atoms with Gasteiger partial charge in [0.25, 0.3) is 0 Å². The molecule has 1 saturated carbocycles. The molecule has 0 unspecified atom stereocenters. The quantitative estimate of drug-likeness (QED) is 0.850. The maximum Gasteiger partial charge on any atom is 0.231 e. The summed E-state index contributed by atoms with van der Waals surface area (Å²) in [4.78, 5) is 12.3. The van der Waals surface area contributed by atoms with E-state index in [0.717, 1.165) is 24.2 Å². The molecule has 0 bridgehead atoms. The minimum Gasteiger partial charge on any atom is -0.493 e. The zero-order chi connectivity index (χ0) is 14.4. The Labute approximate surface area is 122 Å². The van der Waals surface area contributed by atoms with Gasteiger partial charge in [-0.15, -0.1) is 0 Å². The second kappa shape index (κ2) is 4.62. The normalized spacial score (nSPS) is 35.5. The van der Waals surface area contributed by atoms with E-state index in [1.54, 1.807) is 6.92 Å². The standard InChI is InChI=1S/C15H17ClFNO2/c1-14(9-15(14,16)17)13(19)18-11-6-4-8-20-12-7-3-2-5-10(11)12/h2-3,5,7,11H,4,6,8-9H2,1H3,(H,18,19)/t11-,14-,15-/m1/s1. The summed E-state index contributed by atoms with van der Waals surface area (Å²) in [6.07, 6.45) is 1.69. The van der Waals surface area contributed by atoms with Crippen LogP contribution in [0.1, 0.15) is 37.8 Å². The number of nitrogens with one attached hydrogen (secondary N) is 1. The fraction of sp³-hybridized carbons (Fsp3) is 0.533. The van der Waals surface area contributed by atoms with E-state index >= 15 is 0 Å². The lowest BCUT2D eigenvalue weighted by molar-refractivity contribution is -0.127. The van der Waals surface area contributed by atoms with Crippen molar-refractivity contribution in [1.82, 2.24) is 5.32 Å². The van der Waals surface area contributed by atoms with Crippen molar-refractivity contribution in [3.8, 4) is 5.75 Å². The first-order valence-corrected chi connectivity index (χ1v) is 7.22. The van der Waals surface area contributed by atoms with E-state index in [-0.39, 0.29) is 18.4 Å². The number of amides is 1. The molecule has 108 valence electrons. The van der Waals surface area contributed by atoms with E-state index in [0.29, 0.717) is 6.61 Å². The van der Waals surface area contributed by atoms with E-state index in [9.17, 15) is 9.18 Å². The molecule has 1 aromatic rings. The number of halogens is 2. The number of carbonyl (C=O) groups is 1. The molecule has 0 spiro atoms. The van der Waals surface area contributed by atoms with Gasteiger partial charge in [-0.05, 0) is 25.8 Å². The molecule has 0 radical (unpaired) electrons. The third kappa shape index (κ3) is 2.16. The van der Waals surface area contributed by atoms with Crippen LogP contribution in [0, 0.1) is 5.41 Å². The Morgan fingerprint density at radius 2 is 2.20 bits per heavy atom. The summed E-state index contributed by atoms with van der Waals surface area (Å²) >= 11 is 5.64. The second-order valence-corrected chi connectivity index (χ2v) is 6.37. The van der Waals surface area contributed by atoms with Crippen LogP contribution >= 0.6 is 11.6 Å². The van der Waals surface area contributed by atoms with Crippen molar-refractivity contribution in [2.45, 2.75) is 37.4 Å². The first-order chi connectivity index (χ1) is 9.44. The van der Waals surface area contributed by atoms with Crippen molar-refractivity contribution in [1.29, 1.82) is 0 Å². The Hall–Kier alpha value is -1.29. The van der Waals surface area contributed by atoms with Crippen LogP contribution in [0.2, 0.25) is 0 Å². The molecule has 1 heterocycles. The molecule has 1 aliphatic carbocycles. The molecule has 3 nitrogen and oxygen atoms in total. The van der Waals surface area contributed by atoms with Gasteiger partial charge in [0.15, 0.2) is 5.13 Å². The van der Waals surface area contributed by atoms with Gasteiger partial charge >= 0.3 is 0 Å². The molecule has 1 amide bonds. The highest BCUT2D eigenvalue weighted by Gasteiger charge is 2.70. The Kier molecular flexibility index (Phi) is 3.16. The summed E-state index contributed by atoms with van der Waals surface area (Å²) in [7, 11) is 0. The lowest BCUT2D eigenvalue weighted by Gasteiger charge is -2.21. The molecule has 5 heteroatoms. The van der Waals surface area contributed by atoms with Crippen LogP contribution in [0.5, 0.6) is 5.75 Å². The number of carbonyl (C=O) groups excluding carboxylic acids is 1. The van der Waals surface area contributed by atoms with Gasteiger partial charge < -0.3 is 10.1 Å². The highest BCUT2D eigenvalue weighted by Crippen LogP contribution is 2.62. The van der Waals surface area contributed by atoms with Crippen LogP contribution in [-0.2, 0) is 4.79 Å². The number of rotatable bonds is 2. The van der Waals surface area contributed by atoms with Gasteiger partial charge in [-0.2, -0.15) is 0 Å². The number of fused-ring (bicyclic) bond motifs is 1. The molecule has 1 aliphatic heterocycles. The number of benzene rings is 1. The number of hydrogen-bond acceptors (Lipinski definition) is 2. The lowest BCUT2D eigenvalue weighted by atomic mass is 10.00. The molecular weight excluding hydrogens is 281 g/mol. The maximum absolute atomic E-state index is 13.7. The third-order valence-electron chi connectivity index (χ3n) is 4.25. The first kappa shape index (κ1) is 13.7. The predicted octanol–water partition coefficient (Wildman–Crippen LogP) is 3.33. The molecule has 0 aromatic heterocycles. The maximum atomic E-state index is 13.7. The molecule has 3 atom stereocenters. The van der Waals surface area contributed by atoms with Gasteiger partial charge in [0.05, 0.1) is 18.1 Å².